The van der Waals surface area contributed by atoms with Crippen molar-refractivity contribution >= 4 is 33.2 Å². The maximum Gasteiger partial charge on any atom is 0.228 e. The van der Waals surface area contributed by atoms with Gasteiger partial charge in [0.05, 0.1) is 26.3 Å². The quantitative estimate of drug-likeness (QED) is 0.539. The minimum atomic E-state index is 0.0940. The molecule has 1 amide bonds. The van der Waals surface area contributed by atoms with Crippen LogP contribution in [0, 0.1) is 0 Å². The third-order valence-corrected chi connectivity index (χ3v) is 6.46. The summed E-state index contributed by atoms with van der Waals surface area (Å²) in [5.74, 6) is 1.52. The number of hydrogen-bond acceptors (Lipinski definition) is 5. The van der Waals surface area contributed by atoms with E-state index >= 15 is 0 Å². The Morgan fingerprint density at radius 2 is 1.93 bits per heavy atom. The van der Waals surface area contributed by atoms with Crippen LogP contribution in [0.25, 0.3) is 10.6 Å². The second-order valence-corrected chi connectivity index (χ2v) is 8.65. The lowest BCUT2D eigenvalue weighted by Crippen LogP contribution is -2.37. The molecule has 29 heavy (non-hydrogen) atoms. The van der Waals surface area contributed by atoms with E-state index in [2.05, 4.69) is 20.9 Å². The van der Waals surface area contributed by atoms with Gasteiger partial charge in [0.2, 0.25) is 5.91 Å². The number of benzene rings is 2. The maximum absolute atomic E-state index is 12.9. The number of rotatable bonds is 5. The molecular weight excluding hydrogens is 452 g/mol. The minimum Gasteiger partial charge on any atom is -0.493 e. The summed E-state index contributed by atoms with van der Waals surface area (Å²) in [6.45, 7) is 1.28. The molecule has 0 bridgehead atoms. The fourth-order valence-corrected chi connectivity index (χ4v) is 4.72. The maximum atomic E-state index is 12.9. The largest absolute Gasteiger partial charge is 0.493 e. The Bertz CT molecular complexity index is 1050. The smallest absolute Gasteiger partial charge is 0.228 e. The van der Waals surface area contributed by atoms with Crippen molar-refractivity contribution < 1.29 is 14.3 Å². The van der Waals surface area contributed by atoms with Crippen molar-refractivity contribution in [2.24, 2.45) is 0 Å². The lowest BCUT2D eigenvalue weighted by molar-refractivity contribution is -0.131. The average Bonchev–Trinajstić information content (AvgIpc) is 3.20. The van der Waals surface area contributed by atoms with Crippen LogP contribution in [0.1, 0.15) is 16.8 Å². The van der Waals surface area contributed by atoms with E-state index in [0.717, 1.165) is 38.5 Å². The van der Waals surface area contributed by atoms with Crippen LogP contribution in [-0.4, -0.2) is 36.6 Å². The zero-order chi connectivity index (χ0) is 20.4. The summed E-state index contributed by atoms with van der Waals surface area (Å²) < 4.78 is 11.8. The Morgan fingerprint density at radius 3 is 2.66 bits per heavy atom. The van der Waals surface area contributed by atoms with Gasteiger partial charge < -0.3 is 14.4 Å². The predicted octanol–water partition coefficient (Wildman–Crippen LogP) is 4.72. The van der Waals surface area contributed by atoms with Gasteiger partial charge in [0.15, 0.2) is 11.5 Å². The van der Waals surface area contributed by atoms with Gasteiger partial charge in [-0.05, 0) is 41.8 Å². The Balaban J connectivity index is 1.46. The molecule has 1 aliphatic heterocycles. The Hall–Kier alpha value is -2.38. The van der Waals surface area contributed by atoms with Crippen molar-refractivity contribution in [1.82, 2.24) is 9.88 Å². The van der Waals surface area contributed by atoms with Crippen molar-refractivity contribution in [3.8, 4) is 22.1 Å². The Labute approximate surface area is 182 Å². The van der Waals surface area contributed by atoms with Crippen molar-refractivity contribution in [2.45, 2.75) is 19.4 Å². The van der Waals surface area contributed by atoms with Gasteiger partial charge >= 0.3 is 0 Å². The number of nitrogens with zero attached hydrogens (tertiary/aromatic N) is 2. The fourth-order valence-electron chi connectivity index (χ4n) is 3.51. The molecule has 0 aliphatic carbocycles. The van der Waals surface area contributed by atoms with Gasteiger partial charge in [-0.25, -0.2) is 4.98 Å². The summed E-state index contributed by atoms with van der Waals surface area (Å²) in [4.78, 5) is 19.4. The summed E-state index contributed by atoms with van der Waals surface area (Å²) in [5.41, 5.74) is 4.18. The molecule has 0 saturated heterocycles. The van der Waals surface area contributed by atoms with E-state index in [1.807, 2.05) is 46.7 Å². The van der Waals surface area contributed by atoms with Gasteiger partial charge in [-0.1, -0.05) is 28.1 Å². The molecule has 0 N–H and O–H groups in total. The molecule has 7 heteroatoms. The molecule has 2 heterocycles. The lowest BCUT2D eigenvalue weighted by atomic mass is 9.98. The third-order valence-electron chi connectivity index (χ3n) is 5.03. The zero-order valence-corrected chi connectivity index (χ0v) is 18.7. The van der Waals surface area contributed by atoms with E-state index in [0.29, 0.717) is 25.3 Å². The Kier molecular flexibility index (Phi) is 5.87. The van der Waals surface area contributed by atoms with Crippen molar-refractivity contribution in [2.75, 3.05) is 20.8 Å². The number of amides is 1. The summed E-state index contributed by atoms with van der Waals surface area (Å²) in [6.07, 6.45) is 1.12. The molecule has 3 aromatic rings. The highest BCUT2D eigenvalue weighted by atomic mass is 79.9. The van der Waals surface area contributed by atoms with Crippen LogP contribution in [0.15, 0.2) is 46.3 Å². The summed E-state index contributed by atoms with van der Waals surface area (Å²) in [7, 11) is 3.26. The average molecular weight is 473 g/mol. The summed E-state index contributed by atoms with van der Waals surface area (Å²) in [5, 5.41) is 2.90. The number of ether oxygens (including phenoxy) is 2. The second kappa shape index (κ2) is 8.55. The fraction of sp³-hybridized carbons (Fsp3) is 0.273. The first-order chi connectivity index (χ1) is 14.1. The summed E-state index contributed by atoms with van der Waals surface area (Å²) >= 11 is 5.05. The molecule has 2 aromatic carbocycles. The summed E-state index contributed by atoms with van der Waals surface area (Å²) in [6, 6.07) is 12.0. The number of methoxy groups -OCH3 is 2. The van der Waals surface area contributed by atoms with Crippen molar-refractivity contribution in [1.29, 1.82) is 0 Å². The van der Waals surface area contributed by atoms with Gasteiger partial charge in [0, 0.05) is 28.5 Å². The van der Waals surface area contributed by atoms with Gasteiger partial charge in [0.25, 0.3) is 0 Å². The predicted molar refractivity (Wildman–Crippen MR) is 118 cm³/mol. The second-order valence-electron chi connectivity index (χ2n) is 6.87. The monoisotopic (exact) mass is 472 g/mol. The van der Waals surface area contributed by atoms with Crippen molar-refractivity contribution in [3.63, 3.8) is 0 Å². The minimum absolute atomic E-state index is 0.0940. The van der Waals surface area contributed by atoms with E-state index in [-0.39, 0.29) is 5.91 Å². The molecule has 0 fully saturated rings. The van der Waals surface area contributed by atoms with Crippen LogP contribution in [-0.2, 0) is 24.2 Å². The molecular formula is C22H21BrN2O3S. The first kappa shape index (κ1) is 19.9. The highest BCUT2D eigenvalue weighted by Crippen LogP contribution is 2.33. The van der Waals surface area contributed by atoms with E-state index < -0.39 is 0 Å². The first-order valence-corrected chi connectivity index (χ1v) is 11.0. The third kappa shape index (κ3) is 4.31. The number of carbonyl (C=O) groups is 1. The molecule has 0 unspecified atom stereocenters. The highest BCUT2D eigenvalue weighted by Gasteiger charge is 2.23. The normalized spacial score (nSPS) is 13.1. The van der Waals surface area contributed by atoms with Crippen LogP contribution in [0.2, 0.25) is 0 Å². The van der Waals surface area contributed by atoms with E-state index in [1.54, 1.807) is 25.6 Å². The molecule has 0 atom stereocenters. The van der Waals surface area contributed by atoms with E-state index in [1.165, 1.54) is 5.56 Å². The molecule has 1 aliphatic rings. The van der Waals surface area contributed by atoms with Gasteiger partial charge in [-0.3, -0.25) is 4.79 Å². The van der Waals surface area contributed by atoms with Gasteiger partial charge in [0.1, 0.15) is 5.01 Å². The molecule has 0 spiro atoms. The molecule has 150 valence electrons. The lowest BCUT2D eigenvalue weighted by Gasteiger charge is -2.29. The van der Waals surface area contributed by atoms with Crippen LogP contribution in [0.5, 0.6) is 11.5 Å². The topological polar surface area (TPSA) is 51.7 Å². The molecule has 0 saturated carbocycles. The van der Waals surface area contributed by atoms with Crippen LogP contribution < -0.4 is 9.47 Å². The van der Waals surface area contributed by atoms with Gasteiger partial charge in [-0.2, -0.15) is 0 Å². The van der Waals surface area contributed by atoms with E-state index in [9.17, 15) is 4.79 Å². The number of thiazole rings is 1. The molecule has 4 rings (SSSR count). The van der Waals surface area contributed by atoms with E-state index in [4.69, 9.17) is 9.47 Å². The van der Waals surface area contributed by atoms with Crippen LogP contribution in [0.4, 0.5) is 0 Å². The number of fused-ring (bicyclic) bond motifs is 1. The molecule has 5 nitrogen and oxygen atoms in total. The standard InChI is InChI=1S/C22H21BrN2O3S/c1-27-19-9-14-6-7-25(12-16(14)10-20(19)28-2)21(26)11-18-13-29-22(24-18)15-4-3-5-17(23)8-15/h3-5,8-10,13H,6-7,11-12H2,1-2H3. The number of carbonyl (C=O) groups excluding carboxylic acids is 1. The number of hydrogen-bond donors (Lipinski definition) is 0. The highest BCUT2D eigenvalue weighted by molar-refractivity contribution is 9.10. The molecule has 1 aromatic heterocycles. The number of aromatic nitrogens is 1. The van der Waals surface area contributed by atoms with Crippen molar-refractivity contribution in [3.05, 3.63) is 63.1 Å². The SMILES string of the molecule is COc1cc2c(cc1OC)CN(C(=O)Cc1csc(-c3cccc(Br)c3)n1)CC2. The zero-order valence-electron chi connectivity index (χ0n) is 16.3. The van der Waals surface area contributed by atoms with Crippen LogP contribution >= 0.6 is 27.3 Å². The molecule has 0 radical (unpaired) electrons. The first-order valence-electron chi connectivity index (χ1n) is 9.29. The van der Waals surface area contributed by atoms with Crippen LogP contribution in [0.3, 0.4) is 0 Å². The Morgan fingerprint density at radius 1 is 1.17 bits per heavy atom. The number of halogens is 1. The van der Waals surface area contributed by atoms with Gasteiger partial charge in [-0.15, -0.1) is 11.3 Å².